The topological polar surface area (TPSA) is 74.7 Å². The standard InChI is InChI=1S/C14H14NO4/c1-10(14(18)19)15(2)13(17)12-8-4-3-6-11(12)7-5-9-16/h3-8,10H,1-2H3,(H,18,19)/b7-5+. The first-order valence-electron chi connectivity index (χ1n) is 5.62. The molecule has 0 aromatic heterocycles. The van der Waals surface area contributed by atoms with Gasteiger partial charge in [-0.15, -0.1) is 0 Å². The molecule has 0 aliphatic rings. The van der Waals surface area contributed by atoms with Gasteiger partial charge in [0, 0.05) is 12.6 Å². The molecule has 1 radical (unpaired) electrons. The van der Waals surface area contributed by atoms with Crippen LogP contribution in [0.15, 0.2) is 30.3 Å². The quantitative estimate of drug-likeness (QED) is 0.811. The number of carboxylic acids is 1. The minimum absolute atomic E-state index is 0.338. The van der Waals surface area contributed by atoms with Crippen LogP contribution in [0.3, 0.4) is 0 Å². The van der Waals surface area contributed by atoms with Gasteiger partial charge in [0.1, 0.15) is 6.04 Å². The number of carbonyl (C=O) groups is 2. The molecule has 0 fully saturated rings. The Bertz CT molecular complexity index is 522. The van der Waals surface area contributed by atoms with Crippen molar-refractivity contribution >= 4 is 24.2 Å². The lowest BCUT2D eigenvalue weighted by atomic mass is 10.1. The van der Waals surface area contributed by atoms with Crippen LogP contribution in [0.25, 0.3) is 6.08 Å². The van der Waals surface area contributed by atoms with Crippen LogP contribution in [-0.4, -0.2) is 41.3 Å². The summed E-state index contributed by atoms with van der Waals surface area (Å²) in [5, 5.41) is 8.90. The minimum atomic E-state index is -1.08. The van der Waals surface area contributed by atoms with E-state index in [-0.39, 0.29) is 0 Å². The number of carboxylic acid groups (broad SMARTS) is 1. The second-order valence-corrected chi connectivity index (χ2v) is 3.97. The molecule has 99 valence electrons. The van der Waals surface area contributed by atoms with Gasteiger partial charge >= 0.3 is 5.97 Å². The van der Waals surface area contributed by atoms with Gasteiger partial charge in [0.2, 0.25) is 6.29 Å². The highest BCUT2D eigenvalue weighted by atomic mass is 16.4. The predicted molar refractivity (Wildman–Crippen MR) is 70.4 cm³/mol. The lowest BCUT2D eigenvalue weighted by Crippen LogP contribution is -2.40. The van der Waals surface area contributed by atoms with E-state index in [4.69, 9.17) is 5.11 Å². The van der Waals surface area contributed by atoms with Gasteiger partial charge in [-0.05, 0) is 24.6 Å². The number of rotatable bonds is 5. The van der Waals surface area contributed by atoms with Crippen LogP contribution in [-0.2, 0) is 9.59 Å². The molecule has 19 heavy (non-hydrogen) atoms. The SMILES string of the molecule is CC(C(=O)O)N(C)C(=O)c1ccccc1/C=C/[C]=O. The van der Waals surface area contributed by atoms with Crippen molar-refractivity contribution in [3.05, 3.63) is 41.5 Å². The van der Waals surface area contributed by atoms with Crippen molar-refractivity contribution in [3.8, 4) is 0 Å². The third-order valence-electron chi connectivity index (χ3n) is 2.78. The number of carbonyl (C=O) groups excluding carboxylic acids is 2. The molecule has 1 aromatic carbocycles. The third kappa shape index (κ3) is 3.51. The molecule has 1 N–H and O–H groups in total. The van der Waals surface area contributed by atoms with Crippen LogP contribution in [0.4, 0.5) is 0 Å². The summed E-state index contributed by atoms with van der Waals surface area (Å²) in [6.07, 6.45) is 4.22. The van der Waals surface area contributed by atoms with Gasteiger partial charge in [0.05, 0.1) is 0 Å². The molecule has 5 heteroatoms. The van der Waals surface area contributed by atoms with E-state index in [2.05, 4.69) is 0 Å². The summed E-state index contributed by atoms with van der Waals surface area (Å²) in [6.45, 7) is 1.43. The number of nitrogens with zero attached hydrogens (tertiary/aromatic N) is 1. The lowest BCUT2D eigenvalue weighted by molar-refractivity contribution is -0.141. The molecule has 0 bridgehead atoms. The summed E-state index contributed by atoms with van der Waals surface area (Å²) in [7, 11) is 1.42. The van der Waals surface area contributed by atoms with Crippen molar-refractivity contribution in [1.29, 1.82) is 0 Å². The maximum atomic E-state index is 12.2. The number of aliphatic carboxylic acids is 1. The molecule has 1 aromatic rings. The minimum Gasteiger partial charge on any atom is -0.480 e. The summed E-state index contributed by atoms with van der Waals surface area (Å²) in [4.78, 5) is 34.4. The molecular weight excluding hydrogens is 246 g/mol. The van der Waals surface area contributed by atoms with Crippen LogP contribution >= 0.6 is 0 Å². The summed E-state index contributed by atoms with van der Waals surface area (Å²) >= 11 is 0. The zero-order valence-electron chi connectivity index (χ0n) is 10.7. The Morgan fingerprint density at radius 2 is 2.00 bits per heavy atom. The first-order chi connectivity index (χ1) is 8.99. The van der Waals surface area contributed by atoms with E-state index in [9.17, 15) is 14.4 Å². The van der Waals surface area contributed by atoms with Gasteiger partial charge in [-0.3, -0.25) is 9.59 Å². The molecule has 0 spiro atoms. The summed E-state index contributed by atoms with van der Waals surface area (Å²) in [5.41, 5.74) is 0.880. The molecule has 0 saturated heterocycles. The molecule has 0 aliphatic heterocycles. The highest BCUT2D eigenvalue weighted by molar-refractivity contribution is 5.99. The van der Waals surface area contributed by atoms with Gasteiger partial charge in [-0.1, -0.05) is 24.3 Å². The Morgan fingerprint density at radius 3 is 2.58 bits per heavy atom. The summed E-state index contributed by atoms with van der Waals surface area (Å²) in [5.74, 6) is -1.49. The lowest BCUT2D eigenvalue weighted by Gasteiger charge is -2.22. The number of benzene rings is 1. The summed E-state index contributed by atoms with van der Waals surface area (Å²) < 4.78 is 0. The number of hydrogen-bond acceptors (Lipinski definition) is 3. The normalized spacial score (nSPS) is 12.1. The van der Waals surface area contributed by atoms with E-state index >= 15 is 0 Å². The van der Waals surface area contributed by atoms with Gasteiger partial charge in [0.15, 0.2) is 0 Å². The molecule has 0 aliphatic carbocycles. The van der Waals surface area contributed by atoms with E-state index in [1.165, 1.54) is 20.0 Å². The van der Waals surface area contributed by atoms with E-state index in [1.54, 1.807) is 30.6 Å². The number of amides is 1. The van der Waals surface area contributed by atoms with E-state index in [0.717, 1.165) is 11.0 Å². The fourth-order valence-electron chi connectivity index (χ4n) is 1.49. The Morgan fingerprint density at radius 1 is 1.37 bits per heavy atom. The largest absolute Gasteiger partial charge is 0.480 e. The zero-order valence-corrected chi connectivity index (χ0v) is 10.7. The van der Waals surface area contributed by atoms with Crippen molar-refractivity contribution in [2.24, 2.45) is 0 Å². The average Bonchev–Trinajstić information content (AvgIpc) is 2.42. The fraction of sp³-hybridized carbons (Fsp3) is 0.214. The van der Waals surface area contributed by atoms with Crippen molar-refractivity contribution < 1.29 is 19.5 Å². The maximum Gasteiger partial charge on any atom is 0.326 e. The van der Waals surface area contributed by atoms with Crippen molar-refractivity contribution in [2.45, 2.75) is 13.0 Å². The third-order valence-corrected chi connectivity index (χ3v) is 2.78. The van der Waals surface area contributed by atoms with E-state index < -0.39 is 17.9 Å². The average molecular weight is 260 g/mol. The number of allylic oxidation sites excluding steroid dienone is 1. The van der Waals surface area contributed by atoms with Gasteiger partial charge in [-0.25, -0.2) is 4.79 Å². The molecular formula is C14H14NO4. The maximum absolute atomic E-state index is 12.2. The van der Waals surface area contributed by atoms with Crippen LogP contribution in [0, 0.1) is 0 Å². The van der Waals surface area contributed by atoms with Gasteiger partial charge in [0.25, 0.3) is 5.91 Å². The van der Waals surface area contributed by atoms with Gasteiger partial charge < -0.3 is 10.0 Å². The zero-order chi connectivity index (χ0) is 14.4. The Labute approximate surface area is 111 Å². The predicted octanol–water partition coefficient (Wildman–Crippen LogP) is 1.35. The van der Waals surface area contributed by atoms with Crippen LogP contribution in [0.5, 0.6) is 0 Å². The van der Waals surface area contributed by atoms with Crippen molar-refractivity contribution in [2.75, 3.05) is 7.05 Å². The van der Waals surface area contributed by atoms with Crippen LogP contribution < -0.4 is 0 Å². The Balaban J connectivity index is 3.09. The second kappa shape index (κ2) is 6.49. The smallest absolute Gasteiger partial charge is 0.326 e. The monoisotopic (exact) mass is 260 g/mol. The summed E-state index contributed by atoms with van der Waals surface area (Å²) in [6, 6.07) is 5.72. The molecule has 1 unspecified atom stereocenters. The molecule has 0 saturated carbocycles. The Hall–Kier alpha value is -2.43. The van der Waals surface area contributed by atoms with E-state index in [1.807, 2.05) is 0 Å². The highest BCUT2D eigenvalue weighted by Crippen LogP contribution is 2.14. The molecule has 1 amide bonds. The van der Waals surface area contributed by atoms with Crippen LogP contribution in [0.2, 0.25) is 0 Å². The van der Waals surface area contributed by atoms with Crippen LogP contribution in [0.1, 0.15) is 22.8 Å². The van der Waals surface area contributed by atoms with Crippen molar-refractivity contribution in [1.82, 2.24) is 4.90 Å². The number of likely N-dealkylation sites (N-methyl/N-ethyl adjacent to an activating group) is 1. The van der Waals surface area contributed by atoms with Gasteiger partial charge in [-0.2, -0.15) is 0 Å². The first-order valence-corrected chi connectivity index (χ1v) is 5.62. The number of hydrogen-bond donors (Lipinski definition) is 1. The fourth-order valence-corrected chi connectivity index (χ4v) is 1.49. The highest BCUT2D eigenvalue weighted by Gasteiger charge is 2.23. The molecule has 1 rings (SSSR count). The molecule has 5 nitrogen and oxygen atoms in total. The van der Waals surface area contributed by atoms with E-state index in [0.29, 0.717) is 11.1 Å². The second-order valence-electron chi connectivity index (χ2n) is 3.97. The molecule has 1 atom stereocenters. The van der Waals surface area contributed by atoms with Crippen molar-refractivity contribution in [3.63, 3.8) is 0 Å². The first kappa shape index (κ1) is 14.6. The Kier molecular flexibility index (Phi) is 5.00. The molecule has 0 heterocycles.